The molecule has 1 aliphatic carbocycles. The zero-order chi connectivity index (χ0) is 15.1. The van der Waals surface area contributed by atoms with Crippen molar-refractivity contribution in [2.75, 3.05) is 13.2 Å². The SMILES string of the molecule is CC[C@H]1OCC[C@@H]1C(=O)N1CCn2c(CC3CC3)nnc2C1. The third-order valence-corrected chi connectivity index (χ3v) is 5.24. The molecule has 22 heavy (non-hydrogen) atoms. The van der Waals surface area contributed by atoms with Crippen molar-refractivity contribution in [1.82, 2.24) is 19.7 Å². The third-order valence-electron chi connectivity index (χ3n) is 5.24. The fourth-order valence-corrected chi connectivity index (χ4v) is 3.71. The van der Waals surface area contributed by atoms with Crippen molar-refractivity contribution in [2.45, 2.75) is 58.2 Å². The summed E-state index contributed by atoms with van der Waals surface area (Å²) >= 11 is 0. The first kappa shape index (κ1) is 14.2. The van der Waals surface area contributed by atoms with Crippen LogP contribution in [-0.4, -0.2) is 44.8 Å². The Kier molecular flexibility index (Phi) is 3.64. The summed E-state index contributed by atoms with van der Waals surface area (Å²) in [5, 5.41) is 8.67. The smallest absolute Gasteiger partial charge is 0.228 e. The molecule has 0 aromatic carbocycles. The maximum Gasteiger partial charge on any atom is 0.228 e. The Labute approximate surface area is 130 Å². The molecule has 1 saturated carbocycles. The van der Waals surface area contributed by atoms with Crippen molar-refractivity contribution in [3.63, 3.8) is 0 Å². The second kappa shape index (κ2) is 5.65. The zero-order valence-corrected chi connectivity index (χ0v) is 13.2. The first-order valence-electron chi connectivity index (χ1n) is 8.57. The number of aromatic nitrogens is 3. The molecular formula is C16H24N4O2. The summed E-state index contributed by atoms with van der Waals surface area (Å²) in [4.78, 5) is 14.7. The van der Waals surface area contributed by atoms with Gasteiger partial charge in [-0.05, 0) is 31.6 Å². The lowest BCUT2D eigenvalue weighted by Crippen LogP contribution is -2.43. The number of nitrogens with zero attached hydrogens (tertiary/aromatic N) is 4. The predicted octanol–water partition coefficient (Wildman–Crippen LogP) is 1.39. The Balaban J connectivity index is 1.45. The van der Waals surface area contributed by atoms with Gasteiger partial charge in [0.15, 0.2) is 5.82 Å². The Morgan fingerprint density at radius 3 is 2.91 bits per heavy atom. The van der Waals surface area contributed by atoms with Crippen molar-refractivity contribution < 1.29 is 9.53 Å². The van der Waals surface area contributed by atoms with Gasteiger partial charge in [-0.1, -0.05) is 6.92 Å². The molecule has 6 nitrogen and oxygen atoms in total. The Morgan fingerprint density at radius 1 is 1.27 bits per heavy atom. The first-order chi connectivity index (χ1) is 10.8. The van der Waals surface area contributed by atoms with E-state index in [2.05, 4.69) is 21.7 Å². The maximum absolute atomic E-state index is 12.8. The largest absolute Gasteiger partial charge is 0.377 e. The van der Waals surface area contributed by atoms with E-state index in [0.717, 1.165) is 49.9 Å². The van der Waals surface area contributed by atoms with Gasteiger partial charge >= 0.3 is 0 Å². The van der Waals surface area contributed by atoms with Gasteiger partial charge in [-0.25, -0.2) is 0 Å². The molecule has 1 aromatic heterocycles. The molecule has 4 rings (SSSR count). The number of rotatable bonds is 4. The van der Waals surface area contributed by atoms with Gasteiger partial charge in [0.25, 0.3) is 0 Å². The van der Waals surface area contributed by atoms with Crippen molar-refractivity contribution in [3.05, 3.63) is 11.6 Å². The summed E-state index contributed by atoms with van der Waals surface area (Å²) < 4.78 is 7.90. The summed E-state index contributed by atoms with van der Waals surface area (Å²) in [5.74, 6) is 3.14. The summed E-state index contributed by atoms with van der Waals surface area (Å²) in [5.41, 5.74) is 0. The highest BCUT2D eigenvalue weighted by atomic mass is 16.5. The number of carbonyl (C=O) groups excluding carboxylic acids is 1. The minimum atomic E-state index is 0.0328. The van der Waals surface area contributed by atoms with Gasteiger partial charge in [0.05, 0.1) is 18.6 Å². The van der Waals surface area contributed by atoms with Crippen molar-refractivity contribution in [3.8, 4) is 0 Å². The number of amides is 1. The van der Waals surface area contributed by atoms with E-state index < -0.39 is 0 Å². The van der Waals surface area contributed by atoms with Crippen LogP contribution < -0.4 is 0 Å². The molecule has 6 heteroatoms. The monoisotopic (exact) mass is 304 g/mol. The molecule has 3 aliphatic rings. The second-order valence-electron chi connectivity index (χ2n) is 6.80. The first-order valence-corrected chi connectivity index (χ1v) is 8.57. The van der Waals surface area contributed by atoms with E-state index >= 15 is 0 Å². The quantitative estimate of drug-likeness (QED) is 0.843. The predicted molar refractivity (Wildman–Crippen MR) is 80.0 cm³/mol. The topological polar surface area (TPSA) is 60.2 Å². The highest BCUT2D eigenvalue weighted by Crippen LogP contribution is 2.33. The lowest BCUT2D eigenvalue weighted by atomic mass is 9.97. The van der Waals surface area contributed by atoms with Crippen LogP contribution in [0.15, 0.2) is 0 Å². The van der Waals surface area contributed by atoms with Crippen LogP contribution in [0.4, 0.5) is 0 Å². The van der Waals surface area contributed by atoms with E-state index in [1.54, 1.807) is 0 Å². The van der Waals surface area contributed by atoms with Gasteiger partial charge < -0.3 is 14.2 Å². The van der Waals surface area contributed by atoms with Gasteiger partial charge in [-0.2, -0.15) is 0 Å². The van der Waals surface area contributed by atoms with Crippen LogP contribution in [-0.2, 0) is 29.0 Å². The van der Waals surface area contributed by atoms with Crippen molar-refractivity contribution in [2.24, 2.45) is 11.8 Å². The molecule has 0 unspecified atom stereocenters. The third kappa shape index (κ3) is 2.53. The highest BCUT2D eigenvalue weighted by molar-refractivity contribution is 5.79. The number of carbonyl (C=O) groups is 1. The van der Waals surface area contributed by atoms with Crippen LogP contribution in [0.2, 0.25) is 0 Å². The normalized spacial score (nSPS) is 28.0. The summed E-state index contributed by atoms with van der Waals surface area (Å²) in [6, 6.07) is 0. The van der Waals surface area contributed by atoms with Crippen LogP contribution in [0.1, 0.15) is 44.3 Å². The summed E-state index contributed by atoms with van der Waals surface area (Å²) in [6.45, 7) is 5.01. The molecule has 1 amide bonds. The fraction of sp³-hybridized carbons (Fsp3) is 0.812. The molecule has 0 radical (unpaired) electrons. The second-order valence-corrected chi connectivity index (χ2v) is 6.80. The molecule has 1 saturated heterocycles. The van der Waals surface area contributed by atoms with E-state index in [-0.39, 0.29) is 17.9 Å². The van der Waals surface area contributed by atoms with Crippen LogP contribution in [0.5, 0.6) is 0 Å². The fourth-order valence-electron chi connectivity index (χ4n) is 3.71. The maximum atomic E-state index is 12.8. The Hall–Kier alpha value is -1.43. The lowest BCUT2D eigenvalue weighted by molar-refractivity contribution is -0.139. The molecule has 3 heterocycles. The number of hydrogen-bond donors (Lipinski definition) is 0. The van der Waals surface area contributed by atoms with E-state index in [1.165, 1.54) is 12.8 Å². The van der Waals surface area contributed by atoms with Crippen LogP contribution in [0.25, 0.3) is 0 Å². The molecule has 1 aromatic rings. The number of hydrogen-bond acceptors (Lipinski definition) is 4. The van der Waals surface area contributed by atoms with Crippen molar-refractivity contribution >= 4 is 5.91 Å². The highest BCUT2D eigenvalue weighted by Gasteiger charge is 2.37. The van der Waals surface area contributed by atoms with Gasteiger partial charge in [-0.3, -0.25) is 4.79 Å². The van der Waals surface area contributed by atoms with E-state index in [4.69, 9.17) is 4.74 Å². The Bertz CT molecular complexity index is 566. The van der Waals surface area contributed by atoms with Gasteiger partial charge in [0, 0.05) is 26.1 Å². The van der Waals surface area contributed by atoms with Gasteiger partial charge in [0.1, 0.15) is 5.82 Å². The van der Waals surface area contributed by atoms with Crippen LogP contribution in [0, 0.1) is 11.8 Å². The Morgan fingerprint density at radius 2 is 2.14 bits per heavy atom. The molecule has 2 aliphatic heterocycles. The minimum absolute atomic E-state index is 0.0328. The van der Waals surface area contributed by atoms with Gasteiger partial charge in [0.2, 0.25) is 5.91 Å². The summed E-state index contributed by atoms with van der Waals surface area (Å²) in [7, 11) is 0. The summed E-state index contributed by atoms with van der Waals surface area (Å²) in [6.07, 6.45) is 5.56. The molecule has 0 bridgehead atoms. The lowest BCUT2D eigenvalue weighted by Gasteiger charge is -2.31. The average molecular weight is 304 g/mol. The number of ether oxygens (including phenoxy) is 1. The van der Waals surface area contributed by atoms with Crippen molar-refractivity contribution in [1.29, 1.82) is 0 Å². The zero-order valence-electron chi connectivity index (χ0n) is 13.2. The number of fused-ring (bicyclic) bond motifs is 1. The van der Waals surface area contributed by atoms with Crippen LogP contribution in [0.3, 0.4) is 0 Å². The average Bonchev–Trinajstić information content (AvgIpc) is 3.09. The molecular weight excluding hydrogens is 280 g/mol. The van der Waals surface area contributed by atoms with E-state index in [1.807, 2.05) is 4.90 Å². The standard InChI is InChI=1S/C16H24N4O2/c1-2-13-12(5-8-22-13)16(21)19-6-7-20-14(9-11-3-4-11)17-18-15(20)10-19/h11-13H,2-10H2,1H3/t12-,13+/m0/s1. The van der Waals surface area contributed by atoms with Gasteiger partial charge in [-0.15, -0.1) is 10.2 Å². The molecule has 2 fully saturated rings. The molecule has 120 valence electrons. The van der Waals surface area contributed by atoms with Crippen LogP contribution >= 0.6 is 0 Å². The van der Waals surface area contributed by atoms with E-state index in [9.17, 15) is 4.79 Å². The molecule has 0 N–H and O–H groups in total. The van der Waals surface area contributed by atoms with E-state index in [0.29, 0.717) is 13.2 Å². The molecule has 2 atom stereocenters. The minimum Gasteiger partial charge on any atom is -0.377 e. The molecule has 0 spiro atoms.